The fourth-order valence-corrected chi connectivity index (χ4v) is 11.1. The number of nitrogens with zero attached hydrogens (tertiary/aromatic N) is 4. The van der Waals surface area contributed by atoms with Crippen LogP contribution in [-0.4, -0.2) is 58.7 Å². The van der Waals surface area contributed by atoms with Crippen LogP contribution < -0.4 is 28.4 Å². The number of thiophene rings is 1. The summed E-state index contributed by atoms with van der Waals surface area (Å²) in [6.45, 7) is 9.47. The highest BCUT2D eigenvalue weighted by atomic mass is 32.1. The number of ether oxygens (including phenoxy) is 6. The van der Waals surface area contributed by atoms with Crippen molar-refractivity contribution in [1.82, 2.24) is 19.1 Å². The lowest BCUT2D eigenvalue weighted by Gasteiger charge is -2.19. The van der Waals surface area contributed by atoms with Crippen LogP contribution in [0.25, 0.3) is 43.7 Å². The first-order chi connectivity index (χ1) is 32.3. The third-order valence-corrected chi connectivity index (χ3v) is 14.3. The highest BCUT2D eigenvalue weighted by molar-refractivity contribution is 7.19. The maximum Gasteiger partial charge on any atom is 0.188 e. The first kappa shape index (κ1) is 46.9. The fourth-order valence-electron chi connectivity index (χ4n) is 9.76. The molecule has 0 amide bonds. The molecule has 0 N–H and O–H groups in total. The van der Waals surface area contributed by atoms with E-state index in [2.05, 4.69) is 57.2 Å². The molecule has 11 heteroatoms. The van der Waals surface area contributed by atoms with Crippen molar-refractivity contribution in [2.75, 3.05) is 39.6 Å². The van der Waals surface area contributed by atoms with Crippen molar-refractivity contribution in [3.05, 3.63) is 49.1 Å². The molecule has 5 aromatic heterocycles. The lowest BCUT2D eigenvalue weighted by atomic mass is 10.1. The second-order valence-corrected chi connectivity index (χ2v) is 19.1. The molecule has 0 saturated heterocycles. The second-order valence-electron chi connectivity index (χ2n) is 18.1. The Morgan fingerprint density at radius 3 is 1.05 bits per heavy atom. The first-order valence-electron chi connectivity index (χ1n) is 25.6. The van der Waals surface area contributed by atoms with Crippen molar-refractivity contribution >= 4 is 11.3 Å². The molecule has 0 spiro atoms. The summed E-state index contributed by atoms with van der Waals surface area (Å²) in [6.07, 6.45) is 34.6. The maximum atomic E-state index is 6.79. The number of unbranched alkanes of at least 4 members (excludes halogenated alkanes) is 18. The van der Waals surface area contributed by atoms with Crippen LogP contribution in [0.15, 0.2) is 49.1 Å². The van der Waals surface area contributed by atoms with E-state index in [9.17, 15) is 0 Å². The summed E-state index contributed by atoms with van der Waals surface area (Å²) >= 11 is 1.72. The van der Waals surface area contributed by atoms with E-state index in [0.717, 1.165) is 130 Å². The van der Waals surface area contributed by atoms with Gasteiger partial charge in [-0.2, -0.15) is 0 Å². The summed E-state index contributed by atoms with van der Waals surface area (Å²) in [5, 5.41) is 0. The number of hydrogen-bond acceptors (Lipinski definition) is 9. The van der Waals surface area contributed by atoms with Gasteiger partial charge in [0.25, 0.3) is 0 Å². The summed E-state index contributed by atoms with van der Waals surface area (Å²) in [6, 6.07) is 8.35. The van der Waals surface area contributed by atoms with Gasteiger partial charge in [0.1, 0.15) is 34.4 Å². The van der Waals surface area contributed by atoms with Crippen LogP contribution in [0.5, 0.6) is 34.5 Å². The van der Waals surface area contributed by atoms with E-state index in [1.165, 1.54) is 103 Å². The van der Waals surface area contributed by atoms with Crippen LogP contribution in [0.4, 0.5) is 0 Å². The molecule has 8 heterocycles. The molecule has 10 nitrogen and oxygen atoms in total. The Labute approximate surface area is 392 Å². The topological polar surface area (TPSA) is 91.0 Å². The number of pyridine rings is 2. The van der Waals surface area contributed by atoms with Gasteiger partial charge in [-0.25, -0.2) is 0 Å². The van der Waals surface area contributed by atoms with Crippen LogP contribution in [0.3, 0.4) is 0 Å². The van der Waals surface area contributed by atoms with Gasteiger partial charge in [0, 0.05) is 61.8 Å². The minimum atomic E-state index is 0.464. The monoisotopic (exact) mass is 907 g/mol. The molecular weight excluding hydrogens is 833 g/mol. The Balaban J connectivity index is 1.19. The van der Waals surface area contributed by atoms with E-state index >= 15 is 0 Å². The van der Waals surface area contributed by atoms with E-state index in [-0.39, 0.29) is 0 Å². The van der Waals surface area contributed by atoms with E-state index < -0.39 is 0 Å². The molecule has 0 fully saturated rings. The Morgan fingerprint density at radius 1 is 0.385 bits per heavy atom. The van der Waals surface area contributed by atoms with Gasteiger partial charge in [-0.15, -0.1) is 11.3 Å². The molecule has 0 unspecified atom stereocenters. The summed E-state index contributed by atoms with van der Waals surface area (Å²) in [7, 11) is 0. The largest absolute Gasteiger partial charge is 0.487 e. The highest BCUT2D eigenvalue weighted by Crippen LogP contribution is 2.62. The molecule has 0 aliphatic carbocycles. The predicted molar refractivity (Wildman–Crippen MR) is 264 cm³/mol. The third kappa shape index (κ3) is 11.5. The van der Waals surface area contributed by atoms with Crippen molar-refractivity contribution in [3.8, 4) is 78.2 Å². The van der Waals surface area contributed by atoms with Gasteiger partial charge in [-0.3, -0.25) is 9.97 Å². The van der Waals surface area contributed by atoms with Crippen molar-refractivity contribution in [2.45, 2.75) is 168 Å². The van der Waals surface area contributed by atoms with Gasteiger partial charge in [0.15, 0.2) is 34.5 Å². The van der Waals surface area contributed by atoms with Crippen molar-refractivity contribution in [2.24, 2.45) is 0 Å². The summed E-state index contributed by atoms with van der Waals surface area (Å²) in [4.78, 5) is 10.8. The lowest BCUT2D eigenvalue weighted by Crippen LogP contribution is -2.15. The molecular formula is C54H74N4O6S. The number of hydrogen-bond donors (Lipinski definition) is 0. The number of rotatable bonds is 26. The molecule has 0 bridgehead atoms. The minimum Gasteiger partial charge on any atom is -0.487 e. The standard InChI is InChI=1S/C54H74N4O6S/c1-3-5-7-9-11-13-15-17-19-21-33-57-43(41-25-29-55-30-26-41)47-49(61-37-23-35-59-47)45(57)53-51-52(64-40-39-63-51)54(65-53)46-50-48(60-36-24-38-62-50)44(42-27-31-56-32-28-42)58(46)34-22-20-18-16-14-12-10-8-6-4-2/h25-32H,3-24,33-40H2,1-2H3. The smallest absolute Gasteiger partial charge is 0.188 e. The Bertz CT molecular complexity index is 2050. The average molecular weight is 907 g/mol. The molecule has 0 aromatic carbocycles. The summed E-state index contributed by atoms with van der Waals surface area (Å²) in [5.74, 6) is 4.67. The van der Waals surface area contributed by atoms with Crippen LogP contribution in [0.1, 0.15) is 155 Å². The lowest BCUT2D eigenvalue weighted by molar-refractivity contribution is 0.174. The maximum absolute atomic E-state index is 6.79. The third-order valence-electron chi connectivity index (χ3n) is 13.1. The Kier molecular flexibility index (Phi) is 17.9. The van der Waals surface area contributed by atoms with Crippen LogP contribution >= 0.6 is 11.3 Å². The molecule has 0 atom stereocenters. The Morgan fingerprint density at radius 2 is 0.692 bits per heavy atom. The fraction of sp³-hybridized carbons (Fsp3) is 0.593. The van der Waals surface area contributed by atoms with E-state index in [1.807, 2.05) is 24.8 Å². The zero-order valence-corrected chi connectivity index (χ0v) is 40.3. The summed E-state index contributed by atoms with van der Waals surface area (Å²) < 4.78 is 45.4. The van der Waals surface area contributed by atoms with Crippen molar-refractivity contribution in [3.63, 3.8) is 0 Å². The molecule has 0 radical (unpaired) electrons. The van der Waals surface area contributed by atoms with E-state index in [0.29, 0.717) is 39.6 Å². The van der Waals surface area contributed by atoms with Crippen LogP contribution in [-0.2, 0) is 13.1 Å². The zero-order chi connectivity index (χ0) is 44.5. The normalized spacial score (nSPS) is 14.4. The molecule has 5 aromatic rings. The zero-order valence-electron chi connectivity index (χ0n) is 39.5. The minimum absolute atomic E-state index is 0.464. The quantitative estimate of drug-likeness (QED) is 0.0507. The Hall–Kier alpha value is -4.64. The molecule has 65 heavy (non-hydrogen) atoms. The molecule has 0 saturated carbocycles. The van der Waals surface area contributed by atoms with Crippen molar-refractivity contribution in [1.29, 1.82) is 0 Å². The number of fused-ring (bicyclic) bond motifs is 3. The van der Waals surface area contributed by atoms with E-state index in [1.54, 1.807) is 11.3 Å². The van der Waals surface area contributed by atoms with Gasteiger partial charge in [0.2, 0.25) is 0 Å². The van der Waals surface area contributed by atoms with Crippen molar-refractivity contribution < 1.29 is 28.4 Å². The second kappa shape index (κ2) is 24.8. The predicted octanol–water partition coefficient (Wildman–Crippen LogP) is 14.7. The van der Waals surface area contributed by atoms with E-state index in [4.69, 9.17) is 28.4 Å². The van der Waals surface area contributed by atoms with Gasteiger partial charge < -0.3 is 37.6 Å². The van der Waals surface area contributed by atoms with Crippen LogP contribution in [0, 0.1) is 0 Å². The first-order valence-corrected chi connectivity index (χ1v) is 26.4. The van der Waals surface area contributed by atoms with Crippen LogP contribution in [0.2, 0.25) is 0 Å². The molecule has 3 aliphatic heterocycles. The van der Waals surface area contributed by atoms with Gasteiger partial charge in [-0.05, 0) is 37.1 Å². The highest BCUT2D eigenvalue weighted by Gasteiger charge is 2.39. The molecule has 3 aliphatic rings. The average Bonchev–Trinajstić information content (AvgIpc) is 3.78. The molecule has 352 valence electrons. The SMILES string of the molecule is CCCCCCCCCCCCn1c(-c2ccncc2)c2c(c1-c1sc(-c3c4c(c(-c5ccncc5)n3CCCCCCCCCCCC)OCCCO4)c3c1OCCO3)OCCCO2. The summed E-state index contributed by atoms with van der Waals surface area (Å²) in [5.41, 5.74) is 6.18. The molecule has 8 rings (SSSR count). The van der Waals surface area contributed by atoms with Gasteiger partial charge in [-0.1, -0.05) is 129 Å². The van der Waals surface area contributed by atoms with Gasteiger partial charge >= 0.3 is 0 Å². The van der Waals surface area contributed by atoms with Gasteiger partial charge in [0.05, 0.1) is 37.8 Å². The number of aromatic nitrogens is 4.